The van der Waals surface area contributed by atoms with Crippen LogP contribution < -0.4 is 4.72 Å². The lowest BCUT2D eigenvalue weighted by Crippen LogP contribution is -2.28. The maximum Gasteiger partial charge on any atom is 0.336 e. The van der Waals surface area contributed by atoms with Crippen molar-refractivity contribution < 1.29 is 22.5 Å². The van der Waals surface area contributed by atoms with Gasteiger partial charge in [0.2, 0.25) is 10.0 Å². The molecule has 0 saturated heterocycles. The van der Waals surface area contributed by atoms with Crippen molar-refractivity contribution in [2.24, 2.45) is 0 Å². The first-order valence-electron chi connectivity index (χ1n) is 5.65. The maximum atomic E-state index is 12.0. The van der Waals surface area contributed by atoms with Gasteiger partial charge in [0, 0.05) is 33.3 Å². The topological polar surface area (TPSA) is 101 Å². The van der Waals surface area contributed by atoms with E-state index in [0.29, 0.717) is 10.2 Å². The summed E-state index contributed by atoms with van der Waals surface area (Å²) in [5.41, 5.74) is -0.134. The minimum Gasteiger partial charge on any atom is -0.478 e. The zero-order valence-electron chi connectivity index (χ0n) is 10.6. The van der Waals surface area contributed by atoms with Gasteiger partial charge in [-0.15, -0.1) is 0 Å². The van der Waals surface area contributed by atoms with Crippen LogP contribution in [0.4, 0.5) is 0 Å². The first-order valence-corrected chi connectivity index (χ1v) is 9.42. The quantitative estimate of drug-likeness (QED) is 0.736. The van der Waals surface area contributed by atoms with Crippen LogP contribution in [0.25, 0.3) is 0 Å². The normalized spacial score (nSPS) is 13.1. The van der Waals surface area contributed by atoms with Crippen molar-refractivity contribution in [3.63, 3.8) is 0 Å². The van der Waals surface area contributed by atoms with Gasteiger partial charge >= 0.3 is 5.97 Å². The van der Waals surface area contributed by atoms with Gasteiger partial charge in [0.05, 0.1) is 10.5 Å². The van der Waals surface area contributed by atoms with E-state index in [4.69, 9.17) is 5.11 Å². The van der Waals surface area contributed by atoms with E-state index in [1.807, 2.05) is 0 Å². The Kier molecular flexibility index (Phi) is 6.31. The molecule has 0 bridgehead atoms. The van der Waals surface area contributed by atoms with E-state index < -0.39 is 26.8 Å². The summed E-state index contributed by atoms with van der Waals surface area (Å²) in [5.74, 6) is -0.540. The molecule has 1 aromatic carbocycles. The van der Waals surface area contributed by atoms with Gasteiger partial charge in [-0.1, -0.05) is 6.92 Å². The number of carboxylic acid groups (broad SMARTS) is 1. The lowest BCUT2D eigenvalue weighted by molar-refractivity contribution is 0.0695. The highest BCUT2D eigenvalue weighted by Gasteiger charge is 2.18. The smallest absolute Gasteiger partial charge is 0.336 e. The minimum atomic E-state index is -3.81. The molecule has 2 N–H and O–H groups in total. The number of aromatic carboxylic acids is 1. The second kappa shape index (κ2) is 7.30. The van der Waals surface area contributed by atoms with E-state index in [1.54, 1.807) is 6.92 Å². The fraction of sp³-hybridized carbons (Fsp3) is 0.364. The van der Waals surface area contributed by atoms with Crippen molar-refractivity contribution in [1.29, 1.82) is 0 Å². The molecule has 0 fully saturated rings. The molecule has 0 heterocycles. The zero-order chi connectivity index (χ0) is 15.3. The van der Waals surface area contributed by atoms with Gasteiger partial charge in [-0.25, -0.2) is 17.9 Å². The monoisotopic (exact) mass is 383 g/mol. The largest absolute Gasteiger partial charge is 0.478 e. The number of carbonyl (C=O) groups is 1. The Labute approximate surface area is 128 Å². The highest BCUT2D eigenvalue weighted by molar-refractivity contribution is 9.10. The SMILES string of the molecule is CCS(=O)CCNS(=O)(=O)c1ccc(Br)c(C(=O)O)c1. The van der Waals surface area contributed by atoms with Gasteiger partial charge in [0.1, 0.15) is 0 Å². The predicted octanol–water partition coefficient (Wildman–Crippen LogP) is 1.19. The lowest BCUT2D eigenvalue weighted by Gasteiger charge is -2.08. The molecule has 1 atom stereocenters. The molecule has 0 aliphatic heterocycles. The maximum absolute atomic E-state index is 12.0. The van der Waals surface area contributed by atoms with Crippen LogP contribution in [0.15, 0.2) is 27.6 Å². The van der Waals surface area contributed by atoms with E-state index in [9.17, 15) is 17.4 Å². The Morgan fingerprint density at radius 3 is 2.65 bits per heavy atom. The number of halogens is 1. The van der Waals surface area contributed by atoms with Crippen molar-refractivity contribution in [2.45, 2.75) is 11.8 Å². The molecular formula is C11H14BrNO5S2. The second-order valence-corrected chi connectivity index (χ2v) is 8.26. The lowest BCUT2D eigenvalue weighted by atomic mass is 10.2. The van der Waals surface area contributed by atoms with Gasteiger partial charge in [0.25, 0.3) is 0 Å². The molecule has 6 nitrogen and oxygen atoms in total. The van der Waals surface area contributed by atoms with E-state index in [1.165, 1.54) is 12.1 Å². The molecular weight excluding hydrogens is 370 g/mol. The third-order valence-corrected chi connectivity index (χ3v) is 5.88. The molecule has 20 heavy (non-hydrogen) atoms. The molecule has 112 valence electrons. The molecule has 0 radical (unpaired) electrons. The zero-order valence-corrected chi connectivity index (χ0v) is 13.8. The third-order valence-electron chi connectivity index (χ3n) is 2.42. The van der Waals surface area contributed by atoms with Gasteiger partial charge in [-0.3, -0.25) is 4.21 Å². The van der Waals surface area contributed by atoms with Gasteiger partial charge < -0.3 is 5.11 Å². The Bertz CT molecular complexity index is 630. The van der Waals surface area contributed by atoms with Crippen LogP contribution in [0.3, 0.4) is 0 Å². The first-order chi connectivity index (χ1) is 9.27. The van der Waals surface area contributed by atoms with Crippen molar-refractivity contribution in [1.82, 2.24) is 4.72 Å². The molecule has 0 aromatic heterocycles. The Hall–Kier alpha value is -0.770. The van der Waals surface area contributed by atoms with Crippen LogP contribution in [-0.2, 0) is 20.8 Å². The van der Waals surface area contributed by atoms with Gasteiger partial charge in [-0.05, 0) is 34.1 Å². The Balaban J connectivity index is 2.90. The third kappa shape index (κ3) is 4.65. The number of benzene rings is 1. The average Bonchev–Trinajstić information content (AvgIpc) is 2.38. The number of rotatable bonds is 7. The summed E-state index contributed by atoms with van der Waals surface area (Å²) < 4.78 is 37.8. The van der Waals surface area contributed by atoms with Crippen molar-refractivity contribution in [3.8, 4) is 0 Å². The summed E-state index contributed by atoms with van der Waals surface area (Å²) in [6.07, 6.45) is 0. The van der Waals surface area contributed by atoms with Crippen LogP contribution in [0.2, 0.25) is 0 Å². The van der Waals surface area contributed by atoms with Gasteiger partial charge in [0.15, 0.2) is 0 Å². The standard InChI is InChI=1S/C11H14BrNO5S2/c1-2-19(16)6-5-13-20(17,18)8-3-4-10(12)9(7-8)11(14)15/h3-4,7,13H,2,5-6H2,1H3,(H,14,15). The predicted molar refractivity (Wildman–Crippen MR) is 79.8 cm³/mol. The molecule has 0 spiro atoms. The fourth-order valence-corrected chi connectivity index (χ4v) is 3.57. The van der Waals surface area contributed by atoms with Crippen LogP contribution in [-0.4, -0.2) is 41.8 Å². The van der Waals surface area contributed by atoms with Crippen LogP contribution >= 0.6 is 15.9 Å². The summed E-state index contributed by atoms with van der Waals surface area (Å²) >= 11 is 3.04. The number of nitrogens with one attached hydrogen (secondary N) is 1. The van der Waals surface area contributed by atoms with Gasteiger partial charge in [-0.2, -0.15) is 0 Å². The average molecular weight is 384 g/mol. The molecule has 1 rings (SSSR count). The fourth-order valence-electron chi connectivity index (χ4n) is 1.35. The highest BCUT2D eigenvalue weighted by Crippen LogP contribution is 2.20. The summed E-state index contributed by atoms with van der Waals surface area (Å²) in [4.78, 5) is 10.8. The number of hydrogen-bond donors (Lipinski definition) is 2. The van der Waals surface area contributed by atoms with Crippen LogP contribution in [0.1, 0.15) is 17.3 Å². The van der Waals surface area contributed by atoms with E-state index in [2.05, 4.69) is 20.7 Å². The van der Waals surface area contributed by atoms with E-state index in [0.717, 1.165) is 6.07 Å². The van der Waals surface area contributed by atoms with Crippen molar-refractivity contribution in [3.05, 3.63) is 28.2 Å². The summed E-state index contributed by atoms with van der Waals surface area (Å²) in [7, 11) is -4.87. The molecule has 0 aliphatic rings. The highest BCUT2D eigenvalue weighted by atomic mass is 79.9. The minimum absolute atomic E-state index is 0.0429. The number of carboxylic acids is 1. The molecule has 0 aliphatic carbocycles. The van der Waals surface area contributed by atoms with E-state index >= 15 is 0 Å². The van der Waals surface area contributed by atoms with Crippen molar-refractivity contribution in [2.75, 3.05) is 18.1 Å². The second-order valence-electron chi connectivity index (χ2n) is 3.78. The number of hydrogen-bond acceptors (Lipinski definition) is 4. The van der Waals surface area contributed by atoms with Crippen molar-refractivity contribution >= 4 is 42.7 Å². The summed E-state index contributed by atoms with van der Waals surface area (Å²) in [6, 6.07) is 3.74. The number of sulfonamides is 1. The molecule has 0 saturated carbocycles. The Morgan fingerprint density at radius 1 is 1.45 bits per heavy atom. The first kappa shape index (κ1) is 17.3. The van der Waals surface area contributed by atoms with Crippen LogP contribution in [0, 0.1) is 0 Å². The van der Waals surface area contributed by atoms with Crippen LogP contribution in [0.5, 0.6) is 0 Å². The molecule has 1 unspecified atom stereocenters. The summed E-state index contributed by atoms with van der Waals surface area (Å²) in [5, 5.41) is 8.95. The Morgan fingerprint density at radius 2 is 2.10 bits per heavy atom. The van der Waals surface area contributed by atoms with E-state index in [-0.39, 0.29) is 22.8 Å². The summed E-state index contributed by atoms with van der Waals surface area (Å²) in [6.45, 7) is 1.79. The molecule has 9 heteroatoms. The molecule has 1 aromatic rings. The molecule has 0 amide bonds.